The van der Waals surface area contributed by atoms with Gasteiger partial charge in [-0.15, -0.1) is 11.3 Å². The Morgan fingerprint density at radius 3 is 2.80 bits per heavy atom. The highest BCUT2D eigenvalue weighted by Crippen LogP contribution is 2.34. The number of aliphatic hydroxyl groups excluding tert-OH is 1. The molecular formula is C6H7BrO2S. The minimum atomic E-state index is 0.0760. The van der Waals surface area contributed by atoms with Gasteiger partial charge in [0.15, 0.2) is 5.06 Å². The number of methoxy groups -OCH3 is 1. The number of thiophene rings is 1. The molecule has 0 fully saturated rings. The molecule has 0 aromatic carbocycles. The second-order valence-electron chi connectivity index (χ2n) is 1.71. The van der Waals surface area contributed by atoms with Crippen LogP contribution in [0.5, 0.6) is 5.06 Å². The van der Waals surface area contributed by atoms with Gasteiger partial charge in [-0.1, -0.05) is 0 Å². The number of ether oxygens (including phenoxy) is 1. The van der Waals surface area contributed by atoms with Gasteiger partial charge in [0.25, 0.3) is 0 Å². The fourth-order valence-corrected chi connectivity index (χ4v) is 2.17. The maximum atomic E-state index is 8.70. The van der Waals surface area contributed by atoms with E-state index in [4.69, 9.17) is 9.84 Å². The van der Waals surface area contributed by atoms with Crippen LogP contribution < -0.4 is 4.74 Å². The highest BCUT2D eigenvalue weighted by molar-refractivity contribution is 9.10. The van der Waals surface area contributed by atoms with Crippen molar-refractivity contribution in [1.82, 2.24) is 0 Å². The van der Waals surface area contributed by atoms with Gasteiger partial charge >= 0.3 is 0 Å². The summed E-state index contributed by atoms with van der Waals surface area (Å²) in [5.41, 5.74) is 0. The lowest BCUT2D eigenvalue weighted by atomic mass is 10.5. The number of halogens is 1. The smallest absolute Gasteiger partial charge is 0.188 e. The molecule has 0 saturated carbocycles. The van der Waals surface area contributed by atoms with Gasteiger partial charge in [0.2, 0.25) is 0 Å². The Hall–Kier alpha value is -0.0600. The standard InChI is InChI=1S/C6H7BrO2S/c1-9-6-5(7)2-4(3-8)10-6/h2,8H,3H2,1H3. The lowest BCUT2D eigenvalue weighted by Crippen LogP contribution is -1.75. The van der Waals surface area contributed by atoms with Crippen molar-refractivity contribution < 1.29 is 9.84 Å². The molecule has 1 aromatic heterocycles. The van der Waals surface area contributed by atoms with E-state index in [0.29, 0.717) is 0 Å². The van der Waals surface area contributed by atoms with Gasteiger partial charge in [-0.2, -0.15) is 0 Å². The lowest BCUT2D eigenvalue weighted by Gasteiger charge is -1.91. The van der Waals surface area contributed by atoms with Crippen molar-refractivity contribution in [2.24, 2.45) is 0 Å². The molecule has 1 heterocycles. The van der Waals surface area contributed by atoms with Crippen LogP contribution in [0.2, 0.25) is 0 Å². The van der Waals surface area contributed by atoms with Crippen molar-refractivity contribution >= 4 is 27.3 Å². The van der Waals surface area contributed by atoms with Crippen LogP contribution in [-0.4, -0.2) is 12.2 Å². The van der Waals surface area contributed by atoms with Crippen molar-refractivity contribution in [2.45, 2.75) is 6.61 Å². The van der Waals surface area contributed by atoms with E-state index < -0.39 is 0 Å². The molecule has 0 radical (unpaired) electrons. The third kappa shape index (κ3) is 1.51. The first-order valence-electron chi connectivity index (χ1n) is 2.71. The summed E-state index contributed by atoms with van der Waals surface area (Å²) in [7, 11) is 1.61. The molecular weight excluding hydrogens is 216 g/mol. The minimum Gasteiger partial charge on any atom is -0.486 e. The Balaban J connectivity index is 2.92. The van der Waals surface area contributed by atoms with Crippen molar-refractivity contribution in [3.8, 4) is 5.06 Å². The average Bonchev–Trinajstić information content (AvgIpc) is 2.30. The topological polar surface area (TPSA) is 29.5 Å². The molecule has 0 atom stereocenters. The Morgan fingerprint density at radius 1 is 1.80 bits per heavy atom. The van der Waals surface area contributed by atoms with E-state index in [1.807, 2.05) is 6.07 Å². The van der Waals surface area contributed by atoms with Crippen LogP contribution in [0.4, 0.5) is 0 Å². The Morgan fingerprint density at radius 2 is 2.50 bits per heavy atom. The summed E-state index contributed by atoms with van der Waals surface area (Å²) in [6.45, 7) is 0.0760. The molecule has 10 heavy (non-hydrogen) atoms. The van der Waals surface area contributed by atoms with E-state index in [1.165, 1.54) is 11.3 Å². The van der Waals surface area contributed by atoms with Crippen LogP contribution in [0.25, 0.3) is 0 Å². The molecule has 2 nitrogen and oxygen atoms in total. The zero-order valence-electron chi connectivity index (χ0n) is 5.43. The summed E-state index contributed by atoms with van der Waals surface area (Å²) in [4.78, 5) is 0.906. The zero-order chi connectivity index (χ0) is 7.56. The van der Waals surface area contributed by atoms with Crippen LogP contribution >= 0.6 is 27.3 Å². The van der Waals surface area contributed by atoms with Crippen molar-refractivity contribution in [2.75, 3.05) is 7.11 Å². The molecule has 0 aliphatic rings. The van der Waals surface area contributed by atoms with Crippen LogP contribution in [0.3, 0.4) is 0 Å². The largest absolute Gasteiger partial charge is 0.486 e. The predicted octanol–water partition coefficient (Wildman–Crippen LogP) is 2.01. The van der Waals surface area contributed by atoms with E-state index in [0.717, 1.165) is 14.4 Å². The fraction of sp³-hybridized carbons (Fsp3) is 0.333. The molecule has 1 rings (SSSR count). The van der Waals surface area contributed by atoms with E-state index in [-0.39, 0.29) is 6.61 Å². The van der Waals surface area contributed by atoms with Gasteiger partial charge in [0.05, 0.1) is 18.2 Å². The maximum absolute atomic E-state index is 8.70. The molecule has 1 N–H and O–H groups in total. The second-order valence-corrected chi connectivity index (χ2v) is 3.66. The first-order chi connectivity index (χ1) is 4.77. The monoisotopic (exact) mass is 222 g/mol. The molecule has 0 aliphatic heterocycles. The van der Waals surface area contributed by atoms with Crippen molar-refractivity contribution in [3.63, 3.8) is 0 Å². The molecule has 0 saturated heterocycles. The van der Waals surface area contributed by atoms with Crippen LogP contribution in [-0.2, 0) is 6.61 Å². The van der Waals surface area contributed by atoms with Gasteiger partial charge in [0.1, 0.15) is 0 Å². The zero-order valence-corrected chi connectivity index (χ0v) is 7.83. The number of hydrogen-bond donors (Lipinski definition) is 1. The number of rotatable bonds is 2. The van der Waals surface area contributed by atoms with Crippen LogP contribution in [0.15, 0.2) is 10.5 Å². The summed E-state index contributed by atoms with van der Waals surface area (Å²) < 4.78 is 5.89. The molecule has 1 aromatic rings. The highest BCUT2D eigenvalue weighted by atomic mass is 79.9. The third-order valence-electron chi connectivity index (χ3n) is 1.05. The Labute approximate surface area is 71.6 Å². The Kier molecular flexibility index (Phi) is 2.71. The molecule has 0 amide bonds. The summed E-state index contributed by atoms with van der Waals surface area (Å²) in [6.07, 6.45) is 0. The number of aliphatic hydroxyl groups is 1. The van der Waals surface area contributed by atoms with Gasteiger partial charge in [-0.05, 0) is 22.0 Å². The highest BCUT2D eigenvalue weighted by Gasteiger charge is 2.04. The normalized spacial score (nSPS) is 9.90. The SMILES string of the molecule is COc1sc(CO)cc1Br. The summed E-state index contributed by atoms with van der Waals surface area (Å²) >= 11 is 4.73. The van der Waals surface area contributed by atoms with Gasteiger partial charge < -0.3 is 9.84 Å². The molecule has 4 heteroatoms. The molecule has 0 aliphatic carbocycles. The average molecular weight is 223 g/mol. The Bertz CT molecular complexity index is 222. The first kappa shape index (κ1) is 8.04. The van der Waals surface area contributed by atoms with Crippen molar-refractivity contribution in [1.29, 1.82) is 0 Å². The molecule has 0 unspecified atom stereocenters. The first-order valence-corrected chi connectivity index (χ1v) is 4.32. The van der Waals surface area contributed by atoms with Crippen molar-refractivity contribution in [3.05, 3.63) is 15.4 Å². The molecule has 56 valence electrons. The van der Waals surface area contributed by atoms with Gasteiger partial charge in [-0.25, -0.2) is 0 Å². The van der Waals surface area contributed by atoms with E-state index in [9.17, 15) is 0 Å². The van der Waals surface area contributed by atoms with Crippen LogP contribution in [0, 0.1) is 0 Å². The van der Waals surface area contributed by atoms with Crippen LogP contribution in [0.1, 0.15) is 4.88 Å². The molecule has 0 bridgehead atoms. The van der Waals surface area contributed by atoms with E-state index >= 15 is 0 Å². The summed E-state index contributed by atoms with van der Waals surface area (Å²) in [5, 5.41) is 9.51. The summed E-state index contributed by atoms with van der Waals surface area (Å²) in [5.74, 6) is 0. The lowest BCUT2D eigenvalue weighted by molar-refractivity contribution is 0.285. The maximum Gasteiger partial charge on any atom is 0.188 e. The van der Waals surface area contributed by atoms with E-state index in [1.54, 1.807) is 7.11 Å². The number of hydrogen-bond acceptors (Lipinski definition) is 3. The van der Waals surface area contributed by atoms with E-state index in [2.05, 4.69) is 15.9 Å². The summed E-state index contributed by atoms with van der Waals surface area (Å²) in [6, 6.07) is 1.85. The third-order valence-corrected chi connectivity index (χ3v) is 2.98. The second kappa shape index (κ2) is 3.37. The van der Waals surface area contributed by atoms with Gasteiger partial charge in [-0.3, -0.25) is 0 Å². The quantitative estimate of drug-likeness (QED) is 0.830. The minimum absolute atomic E-state index is 0.0760. The predicted molar refractivity (Wildman–Crippen MR) is 44.5 cm³/mol. The molecule has 0 spiro atoms. The fourth-order valence-electron chi connectivity index (χ4n) is 0.615. The van der Waals surface area contributed by atoms with Gasteiger partial charge in [0, 0.05) is 4.88 Å².